The number of imidazole rings is 1. The number of hydrogen-bond acceptors (Lipinski definition) is 19. The third-order valence-electron chi connectivity index (χ3n) is 14.5. The molecule has 0 unspecified atom stereocenters. The van der Waals surface area contributed by atoms with E-state index < -0.39 is 181 Å². The molecule has 0 aromatic carbocycles. The summed E-state index contributed by atoms with van der Waals surface area (Å²) in [5, 5.41) is 45.4. The summed E-state index contributed by atoms with van der Waals surface area (Å²) in [6.45, 7) is 10.7. The van der Waals surface area contributed by atoms with Gasteiger partial charge in [-0.05, 0) is 88.2 Å². The van der Waals surface area contributed by atoms with Gasteiger partial charge in [0, 0.05) is 37.6 Å². The maximum absolute atomic E-state index is 14.3. The fraction of sp³-hybridized carbons (Fsp3) is 0.691. The topological polar surface area (TPSA) is 559 Å². The van der Waals surface area contributed by atoms with Crippen molar-refractivity contribution in [3.63, 3.8) is 0 Å². The van der Waals surface area contributed by atoms with Gasteiger partial charge in [0.05, 0.1) is 25.0 Å². The van der Waals surface area contributed by atoms with E-state index in [-0.39, 0.29) is 69.6 Å². The van der Waals surface area contributed by atoms with Crippen molar-refractivity contribution in [2.45, 2.75) is 198 Å². The van der Waals surface area contributed by atoms with Gasteiger partial charge in [0.1, 0.15) is 54.4 Å². The number of amides is 13. The Morgan fingerprint density at radius 3 is 1.44 bits per heavy atom. The number of nitrogens with zero attached hydrogens (tertiary/aromatic N) is 1. The summed E-state index contributed by atoms with van der Waals surface area (Å²) in [5.74, 6) is -14.4. The molecule has 0 fully saturated rings. The second kappa shape index (κ2) is 41.3. The van der Waals surface area contributed by atoms with Gasteiger partial charge >= 0.3 is 5.97 Å². The minimum absolute atomic E-state index is 0.0603. The van der Waals surface area contributed by atoms with Crippen LogP contribution in [0.4, 0.5) is 0 Å². The molecule has 89 heavy (non-hydrogen) atoms. The number of carbonyl (C=O) groups is 14. The maximum atomic E-state index is 14.3. The molecule has 0 bridgehead atoms. The van der Waals surface area contributed by atoms with Crippen molar-refractivity contribution in [1.29, 1.82) is 0 Å². The van der Waals surface area contributed by atoms with Gasteiger partial charge in [0.2, 0.25) is 76.8 Å². The highest BCUT2D eigenvalue weighted by molar-refractivity contribution is 7.98. The number of aromatic nitrogens is 2. The fourth-order valence-corrected chi connectivity index (χ4v) is 8.99. The molecule has 1 aromatic heterocycles. The average molecular weight is 1280 g/mol. The van der Waals surface area contributed by atoms with E-state index in [1.165, 1.54) is 24.3 Å². The van der Waals surface area contributed by atoms with Crippen LogP contribution in [0.3, 0.4) is 0 Å². The van der Waals surface area contributed by atoms with E-state index in [2.05, 4.69) is 63.1 Å². The number of H-pyrrole nitrogens is 1. The summed E-state index contributed by atoms with van der Waals surface area (Å²) in [5.41, 5.74) is 28.1. The van der Waals surface area contributed by atoms with Crippen LogP contribution in [0.2, 0.25) is 0 Å². The van der Waals surface area contributed by atoms with E-state index >= 15 is 0 Å². The highest BCUT2D eigenvalue weighted by Crippen LogP contribution is 2.14. The Hall–Kier alpha value is -7.98. The summed E-state index contributed by atoms with van der Waals surface area (Å²) in [7, 11) is 0. The molecule has 0 aliphatic rings. The first-order valence-corrected chi connectivity index (χ1v) is 30.9. The van der Waals surface area contributed by atoms with Crippen molar-refractivity contribution in [3.8, 4) is 0 Å². The lowest BCUT2D eigenvalue weighted by molar-refractivity contribution is -0.143. The van der Waals surface area contributed by atoms with Crippen molar-refractivity contribution in [2.24, 2.45) is 46.4 Å². The Morgan fingerprint density at radius 2 is 0.978 bits per heavy atom. The van der Waals surface area contributed by atoms with Crippen LogP contribution in [0.1, 0.15) is 131 Å². The highest BCUT2D eigenvalue weighted by Gasteiger charge is 2.37. The second-order valence-electron chi connectivity index (χ2n) is 22.1. The number of nitrogens with two attached hydrogens (primary N) is 5. The SMILES string of the molecule is CC[C@H](C)[C@H](N)C(=O)N[C@@H](CCC(N)=O)C(=O)N[C@@H](Cc1cnc[nH]1)C(=O)N[C@H](C(=O)N[C@@H](CCSC)C(=O)N[C@@H](CCC(N)=O)C(=O)N[C@@H](CCCCN)C(=O)N[C@H](C(=O)NCC(=O)N[C@H](C(=O)N[C@@H](CCC(N)=O)C(=O)O)[C@@H](C)CC)C(C)C)[C@@H](C)O. The summed E-state index contributed by atoms with van der Waals surface area (Å²) in [6, 6.07) is -14.4. The Morgan fingerprint density at radius 1 is 0.539 bits per heavy atom. The van der Waals surface area contributed by atoms with Crippen molar-refractivity contribution in [1.82, 2.24) is 63.1 Å². The lowest BCUT2D eigenvalue weighted by Gasteiger charge is -2.29. The van der Waals surface area contributed by atoms with E-state index in [0.717, 1.165) is 6.92 Å². The molecule has 23 N–H and O–H groups in total. The number of hydrogen-bond donors (Lipinski definition) is 18. The van der Waals surface area contributed by atoms with Crippen LogP contribution in [-0.4, -0.2) is 195 Å². The molecule has 0 saturated heterocycles. The molecule has 0 aliphatic heterocycles. The van der Waals surface area contributed by atoms with Crippen molar-refractivity contribution >= 4 is 94.5 Å². The number of nitrogens with one attached hydrogen (secondary N) is 11. The number of carbonyl (C=O) groups excluding carboxylic acids is 13. The molecule has 1 heterocycles. The van der Waals surface area contributed by atoms with E-state index in [1.54, 1.807) is 40.9 Å². The van der Waals surface area contributed by atoms with Gasteiger partial charge < -0.3 is 97.0 Å². The summed E-state index contributed by atoms with van der Waals surface area (Å²) < 4.78 is 0. The smallest absolute Gasteiger partial charge is 0.326 e. The molecule has 13 atom stereocenters. The van der Waals surface area contributed by atoms with Gasteiger partial charge in [0.25, 0.3) is 0 Å². The summed E-state index contributed by atoms with van der Waals surface area (Å²) in [6.07, 6.45) is 1.59. The predicted octanol–water partition coefficient (Wildman–Crippen LogP) is -5.35. The van der Waals surface area contributed by atoms with Gasteiger partial charge in [-0.3, -0.25) is 62.3 Å². The van der Waals surface area contributed by atoms with Crippen LogP contribution >= 0.6 is 11.8 Å². The van der Waals surface area contributed by atoms with Gasteiger partial charge in [-0.25, -0.2) is 9.78 Å². The first-order chi connectivity index (χ1) is 41.8. The van der Waals surface area contributed by atoms with Crippen LogP contribution in [0.5, 0.6) is 0 Å². The normalized spacial score (nSPS) is 15.6. The first kappa shape index (κ1) is 79.0. The predicted molar refractivity (Wildman–Crippen MR) is 325 cm³/mol. The molecule has 33 nitrogen and oxygen atoms in total. The molecule has 502 valence electrons. The highest BCUT2D eigenvalue weighted by atomic mass is 32.2. The van der Waals surface area contributed by atoms with Crippen LogP contribution < -0.4 is 81.8 Å². The number of rotatable bonds is 45. The number of carboxylic acids is 1. The van der Waals surface area contributed by atoms with Crippen LogP contribution in [0.15, 0.2) is 12.5 Å². The van der Waals surface area contributed by atoms with Gasteiger partial charge in [0.15, 0.2) is 0 Å². The number of primary amides is 3. The largest absolute Gasteiger partial charge is 0.480 e. The minimum Gasteiger partial charge on any atom is -0.480 e. The van der Waals surface area contributed by atoms with Gasteiger partial charge in [-0.1, -0.05) is 54.4 Å². The lowest BCUT2D eigenvalue weighted by atomic mass is 9.97. The molecular formula is C55H95N17O16S. The number of unbranched alkanes of at least 4 members (excludes halogenated alkanes) is 1. The quantitative estimate of drug-likeness (QED) is 0.0271. The van der Waals surface area contributed by atoms with Crippen molar-refractivity contribution in [3.05, 3.63) is 18.2 Å². The van der Waals surface area contributed by atoms with E-state index in [9.17, 15) is 77.3 Å². The Labute approximate surface area is 521 Å². The zero-order valence-corrected chi connectivity index (χ0v) is 52.7. The zero-order chi connectivity index (χ0) is 67.7. The molecule has 13 amide bonds. The van der Waals surface area contributed by atoms with Crippen LogP contribution in [-0.2, 0) is 73.5 Å². The molecule has 34 heteroatoms. The molecular weight excluding hydrogens is 1190 g/mol. The van der Waals surface area contributed by atoms with Crippen LogP contribution in [0.25, 0.3) is 0 Å². The van der Waals surface area contributed by atoms with Crippen molar-refractivity contribution < 1.29 is 77.3 Å². The standard InChI is InChI=1S/C55H95N17O16S/c1-9-28(5)42(60)51(83)66-34(15-18-39(58)75)47(79)69-37(23-31-24-61-26-63-31)50(82)72-45(30(7)73)54(86)67-35(20-22-89-8)48(80)65-33(14-17-38(57)74)46(78)64-32(13-11-12-21-56)49(81)71-43(27(3)4)52(84)62-25-41(77)70-44(29(6)10-2)53(85)68-36(55(87)88)16-19-40(59)76/h24,26-30,32-37,42-45,73H,9-23,25,56,60H2,1-8H3,(H2,57,74)(H2,58,75)(H2,59,76)(H,61,63)(H,62,84)(H,64,78)(H,65,80)(H,66,83)(H,67,86)(H,68,85)(H,69,79)(H,70,77)(H,71,81)(H,72,82)(H,87,88)/t28-,29-,30+,32-,33-,34-,35-,36-,37-,42-,43-,44-,45-/m0/s1. The Bertz CT molecular complexity index is 2540. The number of thioether (sulfide) groups is 1. The maximum Gasteiger partial charge on any atom is 0.326 e. The molecule has 1 rings (SSSR count). The second-order valence-corrected chi connectivity index (χ2v) is 23.1. The molecule has 0 aliphatic carbocycles. The Balaban J connectivity index is 3.48. The number of aliphatic carboxylic acids is 1. The first-order valence-electron chi connectivity index (χ1n) is 29.5. The third kappa shape index (κ3) is 29.7. The van der Waals surface area contributed by atoms with Crippen LogP contribution in [0, 0.1) is 17.8 Å². The number of aliphatic hydroxyl groups is 1. The molecule has 0 saturated carbocycles. The van der Waals surface area contributed by atoms with Crippen molar-refractivity contribution in [2.75, 3.05) is 25.1 Å². The third-order valence-corrected chi connectivity index (χ3v) is 15.1. The summed E-state index contributed by atoms with van der Waals surface area (Å²) in [4.78, 5) is 192. The zero-order valence-electron chi connectivity index (χ0n) is 51.9. The monoisotopic (exact) mass is 1280 g/mol. The molecule has 0 spiro atoms. The minimum atomic E-state index is -1.81. The summed E-state index contributed by atoms with van der Waals surface area (Å²) >= 11 is 1.27. The fourth-order valence-electron chi connectivity index (χ4n) is 8.52. The Kier molecular flexibility index (Phi) is 36.7. The van der Waals surface area contributed by atoms with Gasteiger partial charge in [-0.2, -0.15) is 11.8 Å². The average Bonchev–Trinajstić information content (AvgIpc) is 2.50. The van der Waals surface area contributed by atoms with E-state index in [0.29, 0.717) is 25.0 Å². The lowest BCUT2D eigenvalue weighted by Crippen LogP contribution is -2.62. The van der Waals surface area contributed by atoms with E-state index in [1.807, 2.05) is 6.92 Å². The van der Waals surface area contributed by atoms with E-state index in [4.69, 9.17) is 28.7 Å². The number of carboxylic acid groups (broad SMARTS) is 1. The van der Waals surface area contributed by atoms with Gasteiger partial charge in [-0.15, -0.1) is 0 Å². The number of aliphatic hydroxyl groups excluding tert-OH is 1. The number of aromatic amines is 1. The molecule has 1 aromatic rings. The molecule has 0 radical (unpaired) electrons.